The number of aromatic nitrogens is 1. The van der Waals surface area contributed by atoms with Crippen LogP contribution >= 0.6 is 11.3 Å². The number of para-hydroxylation sites is 1. The number of fused-ring (bicyclic) bond motifs is 2. The third kappa shape index (κ3) is 4.90. The van der Waals surface area contributed by atoms with E-state index in [1.165, 1.54) is 67.9 Å². The number of carbonyl (C=O) groups is 1. The maximum atomic E-state index is 15.2. The molecule has 1 N–H and O–H groups in total. The molecule has 0 unspecified atom stereocenters. The van der Waals surface area contributed by atoms with Gasteiger partial charge >= 0.3 is 0 Å². The number of carbonyl (C=O) groups excluding carboxylic acids is 1. The van der Waals surface area contributed by atoms with Gasteiger partial charge in [0.1, 0.15) is 28.0 Å². The summed E-state index contributed by atoms with van der Waals surface area (Å²) < 4.78 is 62.4. The summed E-state index contributed by atoms with van der Waals surface area (Å²) in [5, 5.41) is 3.58. The molecule has 0 saturated carbocycles. The van der Waals surface area contributed by atoms with Gasteiger partial charge in [0.05, 0.1) is 27.7 Å². The van der Waals surface area contributed by atoms with Gasteiger partial charge in [0, 0.05) is 42.2 Å². The SMILES string of the molecule is CNC(=O)c1c(-c2ccc(F)cc2)oc2cc(N(C)S(C)(=O)=O)c(-c3cc(F)cc(-c4nc5ccccc5s4)c3)cc12. The van der Waals surface area contributed by atoms with Crippen molar-refractivity contribution in [1.82, 2.24) is 10.3 Å². The van der Waals surface area contributed by atoms with E-state index in [4.69, 9.17) is 4.42 Å². The lowest BCUT2D eigenvalue weighted by atomic mass is 9.97. The molecule has 2 heterocycles. The zero-order valence-electron chi connectivity index (χ0n) is 22.6. The molecule has 42 heavy (non-hydrogen) atoms. The van der Waals surface area contributed by atoms with Crippen LogP contribution in [0.1, 0.15) is 10.4 Å². The van der Waals surface area contributed by atoms with E-state index in [-0.39, 0.29) is 22.6 Å². The van der Waals surface area contributed by atoms with Crippen molar-refractivity contribution in [3.05, 3.63) is 96.1 Å². The summed E-state index contributed by atoms with van der Waals surface area (Å²) in [5.74, 6) is -1.27. The van der Waals surface area contributed by atoms with Crippen molar-refractivity contribution < 1.29 is 26.4 Å². The molecule has 2 aromatic heterocycles. The average Bonchev–Trinajstić information content (AvgIpc) is 3.57. The van der Waals surface area contributed by atoms with Crippen LogP contribution in [0.3, 0.4) is 0 Å². The van der Waals surface area contributed by atoms with E-state index in [2.05, 4.69) is 10.3 Å². The van der Waals surface area contributed by atoms with Crippen LogP contribution in [-0.4, -0.2) is 39.7 Å². The Labute approximate surface area is 244 Å². The third-order valence-electron chi connectivity index (χ3n) is 6.95. The molecule has 6 aromatic rings. The highest BCUT2D eigenvalue weighted by molar-refractivity contribution is 7.92. The molecule has 1 amide bonds. The van der Waals surface area contributed by atoms with Gasteiger partial charge in [-0.25, -0.2) is 22.2 Å². The summed E-state index contributed by atoms with van der Waals surface area (Å²) in [7, 11) is -0.902. The largest absolute Gasteiger partial charge is 0.455 e. The highest BCUT2D eigenvalue weighted by Crippen LogP contribution is 2.42. The highest BCUT2D eigenvalue weighted by atomic mass is 32.2. The predicted octanol–water partition coefficient (Wildman–Crippen LogP) is 7.08. The molecule has 0 spiro atoms. The molecule has 212 valence electrons. The number of hydrogen-bond acceptors (Lipinski definition) is 6. The van der Waals surface area contributed by atoms with Crippen LogP contribution in [-0.2, 0) is 10.0 Å². The normalized spacial score (nSPS) is 11.7. The van der Waals surface area contributed by atoms with Gasteiger partial charge in [0.2, 0.25) is 10.0 Å². The first kappa shape index (κ1) is 27.6. The molecule has 0 atom stereocenters. The van der Waals surface area contributed by atoms with Crippen LogP contribution in [0.15, 0.2) is 83.3 Å². The second-order valence-corrected chi connectivity index (χ2v) is 12.7. The standard InChI is InChI=1S/C31H23F2N3O4S2/c1-34-30(37)28-23-15-22(18-12-19(14-21(33)13-18)31-35-24-6-4-5-7-27(24)41-31)25(36(2)42(3,38)39)16-26(23)40-29(28)17-8-10-20(32)11-9-17/h4-16H,1-3H3,(H,34,37). The maximum absolute atomic E-state index is 15.2. The van der Waals surface area contributed by atoms with E-state index in [0.717, 1.165) is 20.8 Å². The average molecular weight is 604 g/mol. The topological polar surface area (TPSA) is 92.5 Å². The number of sulfonamides is 1. The molecule has 0 bridgehead atoms. The van der Waals surface area contributed by atoms with Crippen LogP contribution in [0.5, 0.6) is 0 Å². The van der Waals surface area contributed by atoms with Crippen LogP contribution in [0.2, 0.25) is 0 Å². The number of amides is 1. The quantitative estimate of drug-likeness (QED) is 0.220. The Morgan fingerprint density at radius 1 is 0.929 bits per heavy atom. The number of nitrogens with one attached hydrogen (secondary N) is 1. The summed E-state index contributed by atoms with van der Waals surface area (Å²) in [6, 6.07) is 20.6. The van der Waals surface area contributed by atoms with E-state index >= 15 is 4.39 Å². The van der Waals surface area contributed by atoms with Gasteiger partial charge in [-0.3, -0.25) is 9.10 Å². The lowest BCUT2D eigenvalue weighted by Gasteiger charge is -2.21. The van der Waals surface area contributed by atoms with Crippen LogP contribution < -0.4 is 9.62 Å². The summed E-state index contributed by atoms with van der Waals surface area (Å²) in [6.07, 6.45) is 1.06. The predicted molar refractivity (Wildman–Crippen MR) is 162 cm³/mol. The highest BCUT2D eigenvalue weighted by Gasteiger charge is 2.26. The van der Waals surface area contributed by atoms with Crippen molar-refractivity contribution >= 4 is 54.1 Å². The molecule has 6 rings (SSSR count). The molecule has 0 saturated heterocycles. The minimum Gasteiger partial charge on any atom is -0.455 e. The van der Waals surface area contributed by atoms with E-state index in [0.29, 0.717) is 32.6 Å². The van der Waals surface area contributed by atoms with Crippen molar-refractivity contribution in [2.45, 2.75) is 0 Å². The van der Waals surface area contributed by atoms with Gasteiger partial charge in [0.25, 0.3) is 5.91 Å². The number of thiazole rings is 1. The van der Waals surface area contributed by atoms with E-state index in [1.54, 1.807) is 12.1 Å². The van der Waals surface area contributed by atoms with Crippen LogP contribution in [0, 0.1) is 11.6 Å². The molecule has 0 aliphatic carbocycles. The molecule has 4 aromatic carbocycles. The molecule has 0 fully saturated rings. The number of anilines is 1. The number of nitrogens with zero attached hydrogens (tertiary/aromatic N) is 2. The summed E-state index contributed by atoms with van der Waals surface area (Å²) in [4.78, 5) is 17.8. The first-order chi connectivity index (χ1) is 20.0. The number of halogens is 2. The van der Waals surface area contributed by atoms with Crippen molar-refractivity contribution in [3.8, 4) is 33.0 Å². The Kier molecular flexibility index (Phi) is 6.78. The molecule has 0 radical (unpaired) electrons. The lowest BCUT2D eigenvalue weighted by molar-refractivity contribution is 0.0964. The van der Waals surface area contributed by atoms with Crippen LogP contribution in [0.25, 0.3) is 54.2 Å². The van der Waals surface area contributed by atoms with Gasteiger partial charge in [-0.05, 0) is 66.2 Å². The smallest absolute Gasteiger partial charge is 0.255 e. The zero-order valence-corrected chi connectivity index (χ0v) is 24.2. The number of rotatable bonds is 6. The zero-order chi connectivity index (χ0) is 29.8. The molecule has 0 aliphatic rings. The van der Waals surface area contributed by atoms with Gasteiger partial charge < -0.3 is 9.73 Å². The fraction of sp³-hybridized carbons (Fsp3) is 0.0968. The maximum Gasteiger partial charge on any atom is 0.255 e. The Morgan fingerprint density at radius 2 is 1.64 bits per heavy atom. The number of benzene rings is 4. The van der Waals surface area contributed by atoms with Gasteiger partial charge in [-0.15, -0.1) is 11.3 Å². The molecular weight excluding hydrogens is 580 g/mol. The van der Waals surface area contributed by atoms with Gasteiger partial charge in [0.15, 0.2) is 0 Å². The first-order valence-electron chi connectivity index (χ1n) is 12.7. The fourth-order valence-electron chi connectivity index (χ4n) is 4.82. The molecule has 11 heteroatoms. The fourth-order valence-corrected chi connectivity index (χ4v) is 6.28. The Hall–Kier alpha value is -4.61. The number of furan rings is 1. The van der Waals surface area contributed by atoms with Crippen molar-refractivity contribution in [1.29, 1.82) is 0 Å². The van der Waals surface area contributed by atoms with E-state index < -0.39 is 27.6 Å². The molecular formula is C31H23F2N3O4S2. The summed E-state index contributed by atoms with van der Waals surface area (Å²) in [6.45, 7) is 0. The minimum absolute atomic E-state index is 0.178. The Balaban J connectivity index is 1.63. The lowest BCUT2D eigenvalue weighted by Crippen LogP contribution is -2.25. The molecule has 0 aliphatic heterocycles. The number of hydrogen-bond donors (Lipinski definition) is 1. The second kappa shape index (κ2) is 10.3. The van der Waals surface area contributed by atoms with Crippen LogP contribution in [0.4, 0.5) is 14.5 Å². The third-order valence-corrected chi connectivity index (χ3v) is 9.23. The first-order valence-corrected chi connectivity index (χ1v) is 15.4. The van der Waals surface area contributed by atoms with E-state index in [9.17, 15) is 17.6 Å². The summed E-state index contributed by atoms with van der Waals surface area (Å²) >= 11 is 1.41. The Bertz CT molecular complexity index is 2090. The Morgan fingerprint density at radius 3 is 2.33 bits per heavy atom. The monoisotopic (exact) mass is 603 g/mol. The van der Waals surface area contributed by atoms with Crippen molar-refractivity contribution in [2.75, 3.05) is 24.7 Å². The van der Waals surface area contributed by atoms with Crippen molar-refractivity contribution in [2.24, 2.45) is 0 Å². The van der Waals surface area contributed by atoms with Crippen molar-refractivity contribution in [3.63, 3.8) is 0 Å². The van der Waals surface area contributed by atoms with E-state index in [1.807, 2.05) is 24.3 Å². The van der Waals surface area contributed by atoms with Gasteiger partial charge in [-0.2, -0.15) is 0 Å². The molecule has 7 nitrogen and oxygen atoms in total. The van der Waals surface area contributed by atoms with Gasteiger partial charge in [-0.1, -0.05) is 12.1 Å². The second-order valence-electron chi connectivity index (χ2n) is 9.70. The minimum atomic E-state index is -3.76. The summed E-state index contributed by atoms with van der Waals surface area (Å²) in [5.41, 5.74) is 3.11.